The summed E-state index contributed by atoms with van der Waals surface area (Å²) < 4.78 is 5.28. The van der Waals surface area contributed by atoms with Crippen LogP contribution in [0.4, 0.5) is 0 Å². The molecule has 0 aliphatic carbocycles. The van der Waals surface area contributed by atoms with E-state index in [0.717, 1.165) is 57.2 Å². The van der Waals surface area contributed by atoms with Crippen molar-refractivity contribution in [3.05, 3.63) is 11.7 Å². The molecule has 1 atom stereocenters. The Morgan fingerprint density at radius 3 is 2.88 bits per heavy atom. The Bertz CT molecular complexity index is 333. The predicted octanol–water partition coefficient (Wildman–Crippen LogP) is 1.38. The van der Waals surface area contributed by atoms with Gasteiger partial charge in [0.1, 0.15) is 0 Å². The van der Waals surface area contributed by atoms with Crippen molar-refractivity contribution in [3.63, 3.8) is 0 Å². The Morgan fingerprint density at radius 1 is 1.41 bits per heavy atom. The van der Waals surface area contributed by atoms with E-state index in [2.05, 4.69) is 34.2 Å². The van der Waals surface area contributed by atoms with Crippen LogP contribution in [0.5, 0.6) is 0 Å². The fourth-order valence-corrected chi connectivity index (χ4v) is 2.10. The highest BCUT2D eigenvalue weighted by molar-refractivity contribution is 4.94. The number of hydrogen-bond acceptors (Lipinski definition) is 5. The second-order valence-electron chi connectivity index (χ2n) is 4.61. The van der Waals surface area contributed by atoms with Crippen LogP contribution in [-0.4, -0.2) is 41.2 Å². The van der Waals surface area contributed by atoms with Crippen LogP contribution >= 0.6 is 0 Å². The standard InChI is InChI=1S/C12H22N4O/c1-3-4-5-11-14-12(15-17-11)10(2)16-8-6-13-7-9-16/h10,13H,3-9H2,1-2H3. The van der Waals surface area contributed by atoms with Gasteiger partial charge >= 0.3 is 0 Å². The number of unbranched alkanes of at least 4 members (excludes halogenated alkanes) is 1. The summed E-state index contributed by atoms with van der Waals surface area (Å²) in [5, 5.41) is 7.44. The van der Waals surface area contributed by atoms with Crippen LogP contribution in [0.15, 0.2) is 4.52 Å². The summed E-state index contributed by atoms with van der Waals surface area (Å²) in [6.07, 6.45) is 3.17. The van der Waals surface area contributed by atoms with E-state index in [9.17, 15) is 0 Å². The summed E-state index contributed by atoms with van der Waals surface area (Å²) in [6.45, 7) is 8.52. The molecule has 2 rings (SSSR count). The molecule has 1 aliphatic heterocycles. The largest absolute Gasteiger partial charge is 0.339 e. The van der Waals surface area contributed by atoms with Gasteiger partial charge in [0.2, 0.25) is 5.89 Å². The van der Waals surface area contributed by atoms with Crippen LogP contribution in [0, 0.1) is 0 Å². The lowest BCUT2D eigenvalue weighted by Crippen LogP contribution is -2.44. The monoisotopic (exact) mass is 238 g/mol. The van der Waals surface area contributed by atoms with E-state index < -0.39 is 0 Å². The molecular weight excluding hydrogens is 216 g/mol. The van der Waals surface area contributed by atoms with Gasteiger partial charge in [0.15, 0.2) is 5.82 Å². The zero-order valence-electron chi connectivity index (χ0n) is 10.8. The Balaban J connectivity index is 1.93. The maximum atomic E-state index is 5.28. The number of rotatable bonds is 5. The summed E-state index contributed by atoms with van der Waals surface area (Å²) in [4.78, 5) is 6.88. The zero-order valence-corrected chi connectivity index (χ0v) is 10.8. The van der Waals surface area contributed by atoms with Crippen molar-refractivity contribution in [2.45, 2.75) is 39.2 Å². The van der Waals surface area contributed by atoms with Crippen LogP contribution in [0.1, 0.15) is 44.4 Å². The summed E-state index contributed by atoms with van der Waals surface area (Å²) in [6, 6.07) is 0.260. The van der Waals surface area contributed by atoms with Crippen LogP contribution < -0.4 is 5.32 Å². The van der Waals surface area contributed by atoms with Crippen LogP contribution in [0.2, 0.25) is 0 Å². The number of aromatic nitrogens is 2. The molecule has 0 spiro atoms. The van der Waals surface area contributed by atoms with Crippen molar-refractivity contribution >= 4 is 0 Å². The van der Waals surface area contributed by atoms with Gasteiger partial charge in [0, 0.05) is 32.6 Å². The van der Waals surface area contributed by atoms with E-state index in [0.29, 0.717) is 0 Å². The number of nitrogens with zero attached hydrogens (tertiary/aromatic N) is 3. The van der Waals surface area contributed by atoms with E-state index in [1.54, 1.807) is 0 Å². The lowest BCUT2D eigenvalue weighted by atomic mass is 10.2. The van der Waals surface area contributed by atoms with E-state index in [-0.39, 0.29) is 6.04 Å². The minimum absolute atomic E-state index is 0.260. The Labute approximate surface area is 103 Å². The number of piperazine rings is 1. The Hall–Kier alpha value is -0.940. The van der Waals surface area contributed by atoms with Gasteiger partial charge in [-0.2, -0.15) is 4.98 Å². The molecule has 17 heavy (non-hydrogen) atoms. The third-order valence-electron chi connectivity index (χ3n) is 3.30. The van der Waals surface area contributed by atoms with Crippen molar-refractivity contribution in [3.8, 4) is 0 Å². The van der Waals surface area contributed by atoms with E-state index in [1.165, 1.54) is 0 Å². The highest BCUT2D eigenvalue weighted by Gasteiger charge is 2.22. The molecule has 1 aromatic rings. The molecule has 1 fully saturated rings. The molecule has 0 aromatic carbocycles. The molecule has 96 valence electrons. The maximum absolute atomic E-state index is 5.28. The topological polar surface area (TPSA) is 54.2 Å². The average Bonchev–Trinajstić information content (AvgIpc) is 2.85. The van der Waals surface area contributed by atoms with Crippen molar-refractivity contribution in [1.29, 1.82) is 0 Å². The van der Waals surface area contributed by atoms with Gasteiger partial charge < -0.3 is 9.84 Å². The molecule has 0 bridgehead atoms. The Morgan fingerprint density at radius 2 is 2.18 bits per heavy atom. The summed E-state index contributed by atoms with van der Waals surface area (Å²) in [7, 11) is 0. The minimum Gasteiger partial charge on any atom is -0.339 e. The van der Waals surface area contributed by atoms with Gasteiger partial charge in [-0.05, 0) is 13.3 Å². The van der Waals surface area contributed by atoms with Crippen molar-refractivity contribution in [2.24, 2.45) is 0 Å². The summed E-state index contributed by atoms with van der Waals surface area (Å²) >= 11 is 0. The molecule has 1 N–H and O–H groups in total. The van der Waals surface area contributed by atoms with Crippen LogP contribution in [0.25, 0.3) is 0 Å². The van der Waals surface area contributed by atoms with Crippen LogP contribution in [0.3, 0.4) is 0 Å². The molecule has 0 radical (unpaired) electrons. The number of hydrogen-bond donors (Lipinski definition) is 1. The second kappa shape index (κ2) is 6.12. The first-order chi connectivity index (χ1) is 8.31. The lowest BCUT2D eigenvalue weighted by molar-refractivity contribution is 0.176. The molecule has 0 amide bonds. The van der Waals surface area contributed by atoms with Gasteiger partial charge in [-0.1, -0.05) is 18.5 Å². The fraction of sp³-hybridized carbons (Fsp3) is 0.833. The maximum Gasteiger partial charge on any atom is 0.226 e. The number of aryl methyl sites for hydroxylation is 1. The molecule has 5 heteroatoms. The van der Waals surface area contributed by atoms with E-state index in [1.807, 2.05) is 0 Å². The fourth-order valence-electron chi connectivity index (χ4n) is 2.10. The first-order valence-electron chi connectivity index (χ1n) is 6.58. The first-order valence-corrected chi connectivity index (χ1v) is 6.58. The molecule has 2 heterocycles. The van der Waals surface area contributed by atoms with Gasteiger partial charge in [-0.25, -0.2) is 0 Å². The van der Waals surface area contributed by atoms with Gasteiger partial charge in [0.05, 0.1) is 6.04 Å². The van der Waals surface area contributed by atoms with Crippen LogP contribution in [-0.2, 0) is 6.42 Å². The van der Waals surface area contributed by atoms with Crippen molar-refractivity contribution in [2.75, 3.05) is 26.2 Å². The lowest BCUT2D eigenvalue weighted by Gasteiger charge is -2.30. The highest BCUT2D eigenvalue weighted by Crippen LogP contribution is 2.17. The van der Waals surface area contributed by atoms with Gasteiger partial charge in [0.25, 0.3) is 0 Å². The third-order valence-corrected chi connectivity index (χ3v) is 3.30. The SMILES string of the molecule is CCCCc1nc(C(C)N2CCNCC2)no1. The minimum atomic E-state index is 0.260. The first kappa shape index (κ1) is 12.5. The van der Waals surface area contributed by atoms with Crippen molar-refractivity contribution in [1.82, 2.24) is 20.4 Å². The third kappa shape index (κ3) is 3.26. The normalized spacial score (nSPS) is 19.4. The summed E-state index contributed by atoms with van der Waals surface area (Å²) in [5.41, 5.74) is 0. The van der Waals surface area contributed by atoms with Gasteiger partial charge in [-0.3, -0.25) is 4.90 Å². The van der Waals surface area contributed by atoms with Crippen molar-refractivity contribution < 1.29 is 4.52 Å². The molecule has 0 saturated carbocycles. The average molecular weight is 238 g/mol. The van der Waals surface area contributed by atoms with E-state index in [4.69, 9.17) is 4.52 Å². The highest BCUT2D eigenvalue weighted by atomic mass is 16.5. The molecule has 1 aromatic heterocycles. The molecular formula is C12H22N4O. The Kier molecular flexibility index (Phi) is 4.50. The predicted molar refractivity (Wildman–Crippen MR) is 65.8 cm³/mol. The molecule has 1 unspecified atom stereocenters. The number of nitrogens with one attached hydrogen (secondary N) is 1. The molecule has 5 nitrogen and oxygen atoms in total. The molecule has 1 aliphatic rings. The quantitative estimate of drug-likeness (QED) is 0.840. The second-order valence-corrected chi connectivity index (χ2v) is 4.61. The molecule has 1 saturated heterocycles. The zero-order chi connectivity index (χ0) is 12.1. The smallest absolute Gasteiger partial charge is 0.226 e. The van der Waals surface area contributed by atoms with Gasteiger partial charge in [-0.15, -0.1) is 0 Å². The summed E-state index contributed by atoms with van der Waals surface area (Å²) in [5.74, 6) is 1.61. The van der Waals surface area contributed by atoms with E-state index >= 15 is 0 Å².